The lowest BCUT2D eigenvalue weighted by molar-refractivity contribution is 0.0600. The number of aromatic nitrogens is 1. The maximum Gasteiger partial charge on any atom is 0.337 e. The monoisotopic (exact) mass is 398 g/mol. The molecular formula is C24H18N2O4. The zero-order chi connectivity index (χ0) is 21.1. The van der Waals surface area contributed by atoms with Crippen LogP contribution in [-0.4, -0.2) is 24.0 Å². The van der Waals surface area contributed by atoms with Crippen LogP contribution in [0.4, 0.5) is 5.69 Å². The third-order valence-corrected chi connectivity index (χ3v) is 4.80. The highest BCUT2D eigenvalue weighted by molar-refractivity contribution is 6.07. The molecule has 0 aliphatic carbocycles. The summed E-state index contributed by atoms with van der Waals surface area (Å²) in [5.41, 5.74) is 2.73. The van der Waals surface area contributed by atoms with Crippen LogP contribution in [0.15, 0.2) is 83.8 Å². The molecule has 0 aliphatic heterocycles. The first kappa shape index (κ1) is 19.1. The fourth-order valence-electron chi connectivity index (χ4n) is 3.30. The molecule has 0 fully saturated rings. The largest absolute Gasteiger partial charge is 0.465 e. The highest BCUT2D eigenvalue weighted by Gasteiger charge is 2.16. The van der Waals surface area contributed by atoms with E-state index >= 15 is 0 Å². The summed E-state index contributed by atoms with van der Waals surface area (Å²) in [5, 5.41) is 3.27. The molecule has 6 heteroatoms. The van der Waals surface area contributed by atoms with Gasteiger partial charge in [-0.15, -0.1) is 0 Å². The number of methoxy groups -OCH3 is 1. The van der Waals surface area contributed by atoms with Gasteiger partial charge in [0.1, 0.15) is 5.56 Å². The van der Waals surface area contributed by atoms with E-state index in [0.717, 1.165) is 5.56 Å². The van der Waals surface area contributed by atoms with Crippen LogP contribution in [0.5, 0.6) is 0 Å². The average molecular weight is 398 g/mol. The predicted octanol–water partition coefficient (Wildman–Crippen LogP) is 4.23. The summed E-state index contributed by atoms with van der Waals surface area (Å²) in [6.45, 7) is 0. The Bertz CT molecular complexity index is 1320. The lowest BCUT2D eigenvalue weighted by Crippen LogP contribution is -2.22. The number of fused-ring (bicyclic) bond motifs is 1. The van der Waals surface area contributed by atoms with Crippen molar-refractivity contribution in [3.8, 4) is 11.1 Å². The minimum Gasteiger partial charge on any atom is -0.465 e. The van der Waals surface area contributed by atoms with E-state index in [2.05, 4.69) is 10.3 Å². The highest BCUT2D eigenvalue weighted by atomic mass is 16.5. The molecule has 1 aromatic heterocycles. The number of nitrogens with one attached hydrogen (secondary N) is 2. The Hall–Kier alpha value is -4.19. The molecule has 1 amide bonds. The van der Waals surface area contributed by atoms with Gasteiger partial charge < -0.3 is 15.0 Å². The molecule has 3 aromatic carbocycles. The Morgan fingerprint density at radius 3 is 2.53 bits per heavy atom. The van der Waals surface area contributed by atoms with Crippen LogP contribution in [0.25, 0.3) is 22.0 Å². The van der Waals surface area contributed by atoms with Crippen molar-refractivity contribution in [3.05, 3.63) is 100 Å². The van der Waals surface area contributed by atoms with Crippen LogP contribution < -0.4 is 10.7 Å². The maximum atomic E-state index is 12.9. The molecule has 148 valence electrons. The topological polar surface area (TPSA) is 88.3 Å². The average Bonchev–Trinajstić information content (AvgIpc) is 2.79. The molecule has 0 unspecified atom stereocenters. The van der Waals surface area contributed by atoms with E-state index in [1.807, 2.05) is 24.3 Å². The number of esters is 1. The van der Waals surface area contributed by atoms with Crippen molar-refractivity contribution in [2.75, 3.05) is 12.4 Å². The number of aromatic amines is 1. The van der Waals surface area contributed by atoms with Crippen LogP contribution in [0, 0.1) is 0 Å². The molecule has 0 spiro atoms. The number of ether oxygens (including phenoxy) is 1. The van der Waals surface area contributed by atoms with Gasteiger partial charge in [-0.2, -0.15) is 0 Å². The highest BCUT2D eigenvalue weighted by Crippen LogP contribution is 2.29. The number of benzene rings is 3. The summed E-state index contributed by atoms with van der Waals surface area (Å²) in [6, 6.07) is 21.1. The third-order valence-electron chi connectivity index (χ3n) is 4.80. The van der Waals surface area contributed by atoms with Gasteiger partial charge in [-0.1, -0.05) is 42.5 Å². The minimum atomic E-state index is -0.515. The van der Waals surface area contributed by atoms with Crippen LogP contribution in [0.3, 0.4) is 0 Å². The maximum absolute atomic E-state index is 12.9. The molecule has 0 atom stereocenters. The number of anilines is 1. The molecule has 2 N–H and O–H groups in total. The Kier molecular flexibility index (Phi) is 5.13. The van der Waals surface area contributed by atoms with E-state index in [1.165, 1.54) is 13.3 Å². The van der Waals surface area contributed by atoms with Crippen LogP contribution in [0.1, 0.15) is 20.7 Å². The summed E-state index contributed by atoms with van der Waals surface area (Å²) >= 11 is 0. The summed E-state index contributed by atoms with van der Waals surface area (Å²) in [6.07, 6.45) is 1.42. The molecule has 30 heavy (non-hydrogen) atoms. The van der Waals surface area contributed by atoms with Gasteiger partial charge in [-0.05, 0) is 35.9 Å². The van der Waals surface area contributed by atoms with Gasteiger partial charge in [0.05, 0.1) is 12.7 Å². The van der Waals surface area contributed by atoms with Crippen molar-refractivity contribution >= 4 is 28.5 Å². The van der Waals surface area contributed by atoms with E-state index < -0.39 is 11.9 Å². The summed E-state index contributed by atoms with van der Waals surface area (Å²) in [5.74, 6) is -0.959. The van der Waals surface area contributed by atoms with Gasteiger partial charge in [0, 0.05) is 28.4 Å². The fraction of sp³-hybridized carbons (Fsp3) is 0.0417. The second-order valence-corrected chi connectivity index (χ2v) is 6.65. The Labute approximate surface area is 172 Å². The Morgan fingerprint density at radius 1 is 0.933 bits per heavy atom. The predicted molar refractivity (Wildman–Crippen MR) is 116 cm³/mol. The van der Waals surface area contributed by atoms with Gasteiger partial charge in [-0.25, -0.2) is 4.79 Å². The van der Waals surface area contributed by atoms with Crippen molar-refractivity contribution in [1.29, 1.82) is 0 Å². The Balaban J connectivity index is 1.71. The van der Waals surface area contributed by atoms with Crippen molar-refractivity contribution in [1.82, 2.24) is 4.98 Å². The van der Waals surface area contributed by atoms with Crippen LogP contribution in [0.2, 0.25) is 0 Å². The number of para-hydroxylation sites is 2. The number of rotatable bonds is 4. The summed E-state index contributed by atoms with van der Waals surface area (Å²) in [4.78, 5) is 40.5. The molecule has 4 aromatic rings. The first-order valence-corrected chi connectivity index (χ1v) is 9.28. The molecule has 0 saturated carbocycles. The van der Waals surface area contributed by atoms with Crippen molar-refractivity contribution in [2.24, 2.45) is 0 Å². The number of hydrogen-bond donors (Lipinski definition) is 2. The van der Waals surface area contributed by atoms with E-state index in [0.29, 0.717) is 27.7 Å². The molecular weight excluding hydrogens is 380 g/mol. The van der Waals surface area contributed by atoms with E-state index in [1.54, 1.807) is 48.5 Å². The number of carbonyl (C=O) groups excluding carboxylic acids is 2. The first-order valence-electron chi connectivity index (χ1n) is 9.28. The molecule has 6 nitrogen and oxygen atoms in total. The van der Waals surface area contributed by atoms with Crippen LogP contribution in [-0.2, 0) is 4.74 Å². The fourth-order valence-corrected chi connectivity index (χ4v) is 3.30. The van der Waals surface area contributed by atoms with Crippen LogP contribution >= 0.6 is 0 Å². The molecule has 1 heterocycles. The molecule has 4 rings (SSSR count). The van der Waals surface area contributed by atoms with Gasteiger partial charge in [0.25, 0.3) is 5.91 Å². The zero-order valence-electron chi connectivity index (χ0n) is 16.1. The van der Waals surface area contributed by atoms with Crippen molar-refractivity contribution in [2.45, 2.75) is 0 Å². The lowest BCUT2D eigenvalue weighted by atomic mass is 10.0. The van der Waals surface area contributed by atoms with Gasteiger partial charge in [0.15, 0.2) is 0 Å². The molecule has 0 radical (unpaired) electrons. The quantitative estimate of drug-likeness (QED) is 0.504. The Morgan fingerprint density at radius 2 is 1.70 bits per heavy atom. The smallest absolute Gasteiger partial charge is 0.337 e. The number of pyridine rings is 1. The van der Waals surface area contributed by atoms with E-state index in [9.17, 15) is 14.4 Å². The zero-order valence-corrected chi connectivity index (χ0v) is 16.1. The van der Waals surface area contributed by atoms with Crippen molar-refractivity contribution < 1.29 is 14.3 Å². The third kappa shape index (κ3) is 3.58. The second kappa shape index (κ2) is 8.05. The van der Waals surface area contributed by atoms with Gasteiger partial charge in [-0.3, -0.25) is 9.59 Å². The molecule has 0 bridgehead atoms. The van der Waals surface area contributed by atoms with Gasteiger partial charge in [0.2, 0.25) is 5.43 Å². The number of hydrogen-bond acceptors (Lipinski definition) is 4. The lowest BCUT2D eigenvalue weighted by Gasteiger charge is -2.12. The SMILES string of the molecule is COC(=O)c1cccc(-c2ccccc2NC(=O)c2c[nH]c3ccccc3c2=O)c1. The molecule has 0 aliphatic rings. The number of H-pyrrole nitrogens is 1. The summed E-state index contributed by atoms with van der Waals surface area (Å²) in [7, 11) is 1.32. The normalized spacial score (nSPS) is 10.6. The minimum absolute atomic E-state index is 0.0202. The number of amides is 1. The van der Waals surface area contributed by atoms with Crippen molar-refractivity contribution in [3.63, 3.8) is 0 Å². The number of carbonyl (C=O) groups is 2. The molecule has 0 saturated heterocycles. The summed E-state index contributed by atoms with van der Waals surface area (Å²) < 4.78 is 4.78. The standard InChI is InChI=1S/C24H18N2O4/c1-30-24(29)16-8-6-7-15(13-16)17-9-2-5-12-21(17)26-23(28)19-14-25-20-11-4-3-10-18(20)22(19)27/h2-14H,1H3,(H,25,27)(H,26,28). The second-order valence-electron chi connectivity index (χ2n) is 6.65. The van der Waals surface area contributed by atoms with E-state index in [-0.39, 0.29) is 11.0 Å². The van der Waals surface area contributed by atoms with Gasteiger partial charge >= 0.3 is 5.97 Å². The first-order chi connectivity index (χ1) is 14.6. The van der Waals surface area contributed by atoms with E-state index in [4.69, 9.17) is 4.74 Å².